The van der Waals surface area contributed by atoms with E-state index in [1.54, 1.807) is 18.0 Å². The predicted octanol–water partition coefficient (Wildman–Crippen LogP) is 1.06. The fourth-order valence-electron chi connectivity index (χ4n) is 0.708. The first-order valence-corrected chi connectivity index (χ1v) is 3.37. The lowest BCUT2D eigenvalue weighted by Gasteiger charge is -1.82. The molecular weight excluding hydrogens is 120 g/mol. The minimum atomic E-state index is 0.860. The van der Waals surface area contributed by atoms with Crippen molar-refractivity contribution in [3.05, 3.63) is 11.0 Å². The van der Waals surface area contributed by atoms with Crippen molar-refractivity contribution in [2.75, 3.05) is 5.88 Å². The van der Waals surface area contributed by atoms with E-state index in [1.807, 2.05) is 6.08 Å². The van der Waals surface area contributed by atoms with Crippen molar-refractivity contribution in [2.45, 2.75) is 0 Å². The van der Waals surface area contributed by atoms with Crippen molar-refractivity contribution < 1.29 is 0 Å². The van der Waals surface area contributed by atoms with Gasteiger partial charge in [-0.25, -0.2) is 4.99 Å². The highest BCUT2D eigenvalue weighted by Gasteiger charge is 2.14. The molecule has 0 N–H and O–H groups in total. The van der Waals surface area contributed by atoms with E-state index in [9.17, 15) is 0 Å². The average Bonchev–Trinajstić information content (AvgIpc) is 2.15. The van der Waals surface area contributed by atoms with Crippen LogP contribution in [0.25, 0.3) is 0 Å². The summed E-state index contributed by atoms with van der Waals surface area (Å²) < 4.78 is 0. The van der Waals surface area contributed by atoms with E-state index < -0.39 is 0 Å². The van der Waals surface area contributed by atoms with Gasteiger partial charge in [-0.1, -0.05) is 11.8 Å². The van der Waals surface area contributed by atoms with Crippen LogP contribution in [0.15, 0.2) is 21.0 Å². The van der Waals surface area contributed by atoms with Gasteiger partial charge in [0, 0.05) is 6.21 Å². The molecule has 0 aromatic heterocycles. The molecule has 40 valence electrons. The van der Waals surface area contributed by atoms with Gasteiger partial charge in [0.2, 0.25) is 0 Å². The number of nitrogens with zero attached hydrogens (tertiary/aromatic N) is 2. The molecule has 0 aromatic rings. The lowest BCUT2D eigenvalue weighted by Crippen LogP contribution is -1.81. The Kier molecular flexibility index (Phi) is 0.784. The Morgan fingerprint density at radius 2 is 2.62 bits per heavy atom. The number of fused-ring (bicyclic) bond motifs is 1. The van der Waals surface area contributed by atoms with Crippen LogP contribution in [-0.2, 0) is 0 Å². The van der Waals surface area contributed by atoms with Gasteiger partial charge in [0.05, 0.1) is 10.8 Å². The molecule has 0 fully saturated rings. The van der Waals surface area contributed by atoms with Gasteiger partial charge < -0.3 is 0 Å². The maximum absolute atomic E-state index is 4.11. The summed E-state index contributed by atoms with van der Waals surface area (Å²) in [7, 11) is 0. The summed E-state index contributed by atoms with van der Waals surface area (Å²) in [5.74, 6) is 1.79. The Balaban J connectivity index is 2.49. The van der Waals surface area contributed by atoms with Crippen LogP contribution in [0.2, 0.25) is 0 Å². The van der Waals surface area contributed by atoms with Crippen molar-refractivity contribution in [2.24, 2.45) is 9.98 Å². The smallest absolute Gasteiger partial charge is 0.162 e. The summed E-state index contributed by atoms with van der Waals surface area (Å²) in [6.07, 6.45) is 3.79. The van der Waals surface area contributed by atoms with Gasteiger partial charge in [-0.15, -0.1) is 0 Å². The molecule has 2 nitrogen and oxygen atoms in total. The van der Waals surface area contributed by atoms with E-state index in [4.69, 9.17) is 0 Å². The fraction of sp³-hybridized carbons (Fsp3) is 0.200. The summed E-state index contributed by atoms with van der Waals surface area (Å²) in [5, 5.41) is 0. The topological polar surface area (TPSA) is 24.7 Å². The second-order valence-electron chi connectivity index (χ2n) is 1.56. The van der Waals surface area contributed by atoms with Crippen LogP contribution in [0.5, 0.6) is 0 Å². The molecule has 0 amide bonds. The zero-order chi connectivity index (χ0) is 5.40. The Morgan fingerprint density at radius 1 is 1.62 bits per heavy atom. The van der Waals surface area contributed by atoms with Gasteiger partial charge in [0.15, 0.2) is 5.84 Å². The number of hydrogen-bond acceptors (Lipinski definition) is 3. The molecular formula is C5H4N2S. The maximum atomic E-state index is 4.11. The van der Waals surface area contributed by atoms with Crippen LogP contribution < -0.4 is 0 Å². The largest absolute Gasteiger partial charge is 0.254 e. The highest BCUT2D eigenvalue weighted by Crippen LogP contribution is 2.26. The number of hydrogen-bond donors (Lipinski definition) is 0. The van der Waals surface area contributed by atoms with Crippen molar-refractivity contribution in [1.29, 1.82) is 0 Å². The Morgan fingerprint density at radius 3 is 3.50 bits per heavy atom. The van der Waals surface area contributed by atoms with Crippen LogP contribution in [0.3, 0.4) is 0 Å². The van der Waals surface area contributed by atoms with Crippen LogP contribution in [0.1, 0.15) is 0 Å². The number of allylic oxidation sites excluding steroid dienone is 1. The minimum absolute atomic E-state index is 0.860. The molecule has 0 unspecified atom stereocenters. The quantitative estimate of drug-likeness (QED) is 0.474. The molecule has 0 saturated heterocycles. The van der Waals surface area contributed by atoms with Gasteiger partial charge in [-0.2, -0.15) is 0 Å². The molecule has 8 heavy (non-hydrogen) atoms. The molecule has 0 spiro atoms. The van der Waals surface area contributed by atoms with Crippen LogP contribution in [-0.4, -0.2) is 17.9 Å². The lowest BCUT2D eigenvalue weighted by atomic mass is 10.5. The highest BCUT2D eigenvalue weighted by molar-refractivity contribution is 8.04. The maximum Gasteiger partial charge on any atom is 0.162 e. The Hall–Kier alpha value is -0.570. The molecule has 2 rings (SSSR count). The number of aliphatic imine (C=N–C) groups is 2. The summed E-state index contributed by atoms with van der Waals surface area (Å²) in [6.45, 7) is 0. The normalized spacial score (nSPS) is 23.0. The van der Waals surface area contributed by atoms with Gasteiger partial charge in [-0.3, -0.25) is 4.99 Å². The van der Waals surface area contributed by atoms with Gasteiger partial charge in [-0.05, 0) is 6.08 Å². The Bertz CT molecular complexity index is 202. The van der Waals surface area contributed by atoms with Crippen LogP contribution >= 0.6 is 11.8 Å². The minimum Gasteiger partial charge on any atom is -0.254 e. The van der Waals surface area contributed by atoms with Gasteiger partial charge in [0.1, 0.15) is 0 Å². The van der Waals surface area contributed by atoms with E-state index in [0.29, 0.717) is 0 Å². The SMILES string of the molecule is C1=NC2=NCSC2=C1. The second-order valence-corrected chi connectivity index (χ2v) is 2.55. The fourth-order valence-corrected chi connectivity index (χ4v) is 1.44. The first kappa shape index (κ1) is 4.32. The molecule has 0 bridgehead atoms. The van der Waals surface area contributed by atoms with E-state index in [2.05, 4.69) is 9.98 Å². The summed E-state index contributed by atoms with van der Waals surface area (Å²) in [6, 6.07) is 0. The number of rotatable bonds is 0. The van der Waals surface area contributed by atoms with Crippen molar-refractivity contribution >= 4 is 23.8 Å². The first-order chi connectivity index (χ1) is 3.97. The summed E-state index contributed by atoms with van der Waals surface area (Å²) in [4.78, 5) is 9.35. The molecule has 2 aliphatic heterocycles. The third-order valence-electron chi connectivity index (χ3n) is 1.08. The summed E-state index contributed by atoms with van der Waals surface area (Å²) in [5.41, 5.74) is 0. The molecule has 0 atom stereocenters. The zero-order valence-corrected chi connectivity index (χ0v) is 4.98. The zero-order valence-electron chi connectivity index (χ0n) is 4.16. The molecule has 0 aromatic carbocycles. The molecule has 0 saturated carbocycles. The van der Waals surface area contributed by atoms with Crippen LogP contribution in [0, 0.1) is 0 Å². The third kappa shape index (κ3) is 0.448. The van der Waals surface area contributed by atoms with E-state index in [-0.39, 0.29) is 0 Å². The number of thioether (sulfide) groups is 1. The molecule has 2 heterocycles. The van der Waals surface area contributed by atoms with E-state index >= 15 is 0 Å². The standard InChI is InChI=1S/C5H4N2S/c1-2-6-5-4(1)8-3-7-5/h1-2H,3H2. The lowest BCUT2D eigenvalue weighted by molar-refractivity contribution is 1.39. The third-order valence-corrected chi connectivity index (χ3v) is 1.97. The molecule has 0 aliphatic carbocycles. The van der Waals surface area contributed by atoms with Gasteiger partial charge in [0.25, 0.3) is 0 Å². The van der Waals surface area contributed by atoms with E-state index in [1.165, 1.54) is 4.91 Å². The summed E-state index contributed by atoms with van der Waals surface area (Å²) >= 11 is 1.75. The predicted molar refractivity (Wildman–Crippen MR) is 36.5 cm³/mol. The van der Waals surface area contributed by atoms with Crippen LogP contribution in [0.4, 0.5) is 0 Å². The first-order valence-electron chi connectivity index (χ1n) is 2.39. The van der Waals surface area contributed by atoms with E-state index in [0.717, 1.165) is 11.7 Å². The monoisotopic (exact) mass is 124 g/mol. The molecule has 2 aliphatic rings. The number of amidine groups is 1. The average molecular weight is 124 g/mol. The highest BCUT2D eigenvalue weighted by atomic mass is 32.2. The molecule has 0 radical (unpaired) electrons. The van der Waals surface area contributed by atoms with Crippen molar-refractivity contribution in [3.8, 4) is 0 Å². The van der Waals surface area contributed by atoms with Gasteiger partial charge >= 0.3 is 0 Å². The Labute approximate surface area is 51.4 Å². The molecule has 3 heteroatoms. The van der Waals surface area contributed by atoms with Crippen molar-refractivity contribution in [3.63, 3.8) is 0 Å². The van der Waals surface area contributed by atoms with Crippen molar-refractivity contribution in [1.82, 2.24) is 0 Å². The second kappa shape index (κ2) is 1.45.